The molecule has 1 aliphatic heterocycles. The van der Waals surface area contributed by atoms with Crippen molar-refractivity contribution in [1.29, 1.82) is 0 Å². The Balaban J connectivity index is 1.77. The number of hydrogen-bond acceptors (Lipinski definition) is 5. The van der Waals surface area contributed by atoms with Gasteiger partial charge in [-0.25, -0.2) is 0 Å². The van der Waals surface area contributed by atoms with Crippen LogP contribution in [0, 0.1) is 5.92 Å². The Morgan fingerprint density at radius 3 is 2.10 bits per heavy atom. The van der Waals surface area contributed by atoms with Gasteiger partial charge in [0.15, 0.2) is 0 Å². The monoisotopic (exact) mass is 288 g/mol. The SMILES string of the molecule is CCCCOCCOCCOCCN1CC(C)C(N)C1. The van der Waals surface area contributed by atoms with Gasteiger partial charge in [-0.15, -0.1) is 0 Å². The molecule has 120 valence electrons. The Labute approximate surface area is 123 Å². The van der Waals surface area contributed by atoms with Crippen molar-refractivity contribution in [3.8, 4) is 0 Å². The van der Waals surface area contributed by atoms with E-state index in [1.54, 1.807) is 0 Å². The minimum atomic E-state index is 0.325. The lowest BCUT2D eigenvalue weighted by Gasteiger charge is -2.15. The van der Waals surface area contributed by atoms with E-state index < -0.39 is 0 Å². The van der Waals surface area contributed by atoms with Crippen molar-refractivity contribution in [3.63, 3.8) is 0 Å². The van der Waals surface area contributed by atoms with E-state index >= 15 is 0 Å². The van der Waals surface area contributed by atoms with Crippen LogP contribution in [-0.2, 0) is 14.2 Å². The van der Waals surface area contributed by atoms with Crippen LogP contribution in [0.1, 0.15) is 26.7 Å². The van der Waals surface area contributed by atoms with Crippen LogP contribution in [0.4, 0.5) is 0 Å². The van der Waals surface area contributed by atoms with E-state index in [2.05, 4.69) is 18.7 Å². The van der Waals surface area contributed by atoms with E-state index in [1.807, 2.05) is 0 Å². The Morgan fingerprint density at radius 1 is 0.950 bits per heavy atom. The van der Waals surface area contributed by atoms with Crippen molar-refractivity contribution in [2.24, 2.45) is 11.7 Å². The molecule has 0 aromatic heterocycles. The predicted octanol–water partition coefficient (Wildman–Crippen LogP) is 1.12. The molecule has 0 aromatic carbocycles. The van der Waals surface area contributed by atoms with Crippen LogP contribution < -0.4 is 5.73 Å². The summed E-state index contributed by atoms with van der Waals surface area (Å²) in [5.41, 5.74) is 5.98. The molecule has 0 spiro atoms. The summed E-state index contributed by atoms with van der Waals surface area (Å²) in [6, 6.07) is 0.325. The third kappa shape index (κ3) is 8.17. The molecule has 1 heterocycles. The second-order valence-corrected chi connectivity index (χ2v) is 5.59. The van der Waals surface area contributed by atoms with Crippen molar-refractivity contribution in [3.05, 3.63) is 0 Å². The van der Waals surface area contributed by atoms with Gasteiger partial charge < -0.3 is 19.9 Å². The molecule has 0 aliphatic carbocycles. The number of hydrogen-bond donors (Lipinski definition) is 1. The van der Waals surface area contributed by atoms with Gasteiger partial charge in [0, 0.05) is 32.3 Å². The number of nitrogens with zero attached hydrogens (tertiary/aromatic N) is 1. The largest absolute Gasteiger partial charge is 0.379 e. The zero-order valence-corrected chi connectivity index (χ0v) is 13.2. The number of likely N-dealkylation sites (tertiary alicyclic amines) is 1. The highest BCUT2D eigenvalue weighted by Gasteiger charge is 2.25. The Bertz CT molecular complexity index is 219. The molecule has 5 nitrogen and oxygen atoms in total. The van der Waals surface area contributed by atoms with Gasteiger partial charge in [-0.2, -0.15) is 0 Å². The van der Waals surface area contributed by atoms with E-state index in [9.17, 15) is 0 Å². The predicted molar refractivity (Wildman–Crippen MR) is 80.9 cm³/mol. The van der Waals surface area contributed by atoms with Crippen molar-refractivity contribution in [2.75, 3.05) is 59.3 Å². The molecule has 5 heteroatoms. The maximum absolute atomic E-state index is 5.98. The molecule has 1 fully saturated rings. The number of unbranched alkanes of at least 4 members (excludes halogenated alkanes) is 1. The molecule has 2 atom stereocenters. The Kier molecular flexibility index (Phi) is 10.2. The fourth-order valence-electron chi connectivity index (χ4n) is 2.26. The van der Waals surface area contributed by atoms with Gasteiger partial charge in [-0.3, -0.25) is 4.90 Å². The molecular formula is C15H32N2O3. The molecule has 0 radical (unpaired) electrons. The van der Waals surface area contributed by atoms with Gasteiger partial charge in [0.05, 0.1) is 33.0 Å². The molecule has 2 N–H and O–H groups in total. The molecular weight excluding hydrogens is 256 g/mol. The van der Waals surface area contributed by atoms with E-state index in [4.69, 9.17) is 19.9 Å². The van der Waals surface area contributed by atoms with E-state index in [-0.39, 0.29) is 0 Å². The summed E-state index contributed by atoms with van der Waals surface area (Å²) < 4.78 is 16.4. The lowest BCUT2D eigenvalue weighted by atomic mass is 10.1. The number of rotatable bonds is 12. The Hall–Kier alpha value is -0.200. The maximum Gasteiger partial charge on any atom is 0.0701 e. The first-order valence-corrected chi connectivity index (χ1v) is 7.95. The summed E-state index contributed by atoms with van der Waals surface area (Å²) in [4.78, 5) is 2.37. The summed E-state index contributed by atoms with van der Waals surface area (Å²) >= 11 is 0. The second kappa shape index (κ2) is 11.5. The van der Waals surface area contributed by atoms with Crippen LogP contribution in [0.25, 0.3) is 0 Å². The standard InChI is InChI=1S/C15H32N2O3/c1-3-4-6-18-8-10-20-11-9-19-7-5-17-12-14(2)15(16)13-17/h14-15H,3-13,16H2,1-2H3. The molecule has 1 rings (SSSR count). The van der Waals surface area contributed by atoms with Crippen LogP contribution in [0.15, 0.2) is 0 Å². The van der Waals surface area contributed by atoms with Crippen LogP contribution in [-0.4, -0.2) is 70.2 Å². The van der Waals surface area contributed by atoms with Gasteiger partial charge in [0.25, 0.3) is 0 Å². The zero-order chi connectivity index (χ0) is 14.6. The van der Waals surface area contributed by atoms with Crippen LogP contribution in [0.3, 0.4) is 0 Å². The van der Waals surface area contributed by atoms with E-state index in [0.717, 1.165) is 39.3 Å². The summed E-state index contributed by atoms with van der Waals surface area (Å²) in [6.07, 6.45) is 2.30. The van der Waals surface area contributed by atoms with E-state index in [1.165, 1.54) is 6.42 Å². The van der Waals surface area contributed by atoms with Gasteiger partial charge in [0.1, 0.15) is 0 Å². The molecule has 1 saturated heterocycles. The number of ether oxygens (including phenoxy) is 3. The van der Waals surface area contributed by atoms with Crippen LogP contribution in [0.2, 0.25) is 0 Å². The molecule has 0 amide bonds. The summed E-state index contributed by atoms with van der Waals surface area (Å²) in [7, 11) is 0. The minimum Gasteiger partial charge on any atom is -0.379 e. The summed E-state index contributed by atoms with van der Waals surface area (Å²) in [6.45, 7) is 11.7. The summed E-state index contributed by atoms with van der Waals surface area (Å²) in [5.74, 6) is 0.603. The average Bonchev–Trinajstić information content (AvgIpc) is 2.75. The van der Waals surface area contributed by atoms with Gasteiger partial charge in [-0.05, 0) is 12.3 Å². The fraction of sp³-hybridized carbons (Fsp3) is 1.00. The molecule has 0 saturated carbocycles. The normalized spacial score (nSPS) is 23.6. The molecule has 1 aliphatic rings. The first-order chi connectivity index (χ1) is 9.74. The van der Waals surface area contributed by atoms with Gasteiger partial charge in [-0.1, -0.05) is 20.3 Å². The quantitative estimate of drug-likeness (QED) is 0.545. The molecule has 2 unspecified atom stereocenters. The first-order valence-electron chi connectivity index (χ1n) is 7.95. The van der Waals surface area contributed by atoms with Crippen molar-refractivity contribution >= 4 is 0 Å². The highest BCUT2D eigenvalue weighted by molar-refractivity contribution is 4.83. The molecule has 0 bridgehead atoms. The lowest BCUT2D eigenvalue weighted by Crippen LogP contribution is -2.30. The second-order valence-electron chi connectivity index (χ2n) is 5.59. The maximum atomic E-state index is 5.98. The topological polar surface area (TPSA) is 57.0 Å². The highest BCUT2D eigenvalue weighted by atomic mass is 16.5. The third-order valence-corrected chi connectivity index (χ3v) is 3.68. The van der Waals surface area contributed by atoms with Crippen molar-refractivity contribution in [1.82, 2.24) is 4.90 Å². The fourth-order valence-corrected chi connectivity index (χ4v) is 2.26. The van der Waals surface area contributed by atoms with Gasteiger partial charge >= 0.3 is 0 Å². The van der Waals surface area contributed by atoms with Crippen molar-refractivity contribution in [2.45, 2.75) is 32.7 Å². The Morgan fingerprint density at radius 2 is 1.55 bits per heavy atom. The highest BCUT2D eigenvalue weighted by Crippen LogP contribution is 2.13. The average molecular weight is 288 g/mol. The third-order valence-electron chi connectivity index (χ3n) is 3.68. The van der Waals surface area contributed by atoms with E-state index in [0.29, 0.717) is 38.4 Å². The zero-order valence-electron chi connectivity index (χ0n) is 13.2. The number of nitrogens with two attached hydrogens (primary N) is 1. The minimum absolute atomic E-state index is 0.325. The lowest BCUT2D eigenvalue weighted by molar-refractivity contribution is 0.0109. The van der Waals surface area contributed by atoms with Crippen molar-refractivity contribution < 1.29 is 14.2 Å². The smallest absolute Gasteiger partial charge is 0.0701 e. The molecule has 0 aromatic rings. The van der Waals surface area contributed by atoms with Crippen LogP contribution >= 0.6 is 0 Å². The van der Waals surface area contributed by atoms with Crippen LogP contribution in [0.5, 0.6) is 0 Å². The first kappa shape index (κ1) is 17.9. The summed E-state index contributed by atoms with van der Waals surface area (Å²) in [5, 5.41) is 0. The van der Waals surface area contributed by atoms with Gasteiger partial charge in [0.2, 0.25) is 0 Å². The molecule has 20 heavy (non-hydrogen) atoms.